The lowest BCUT2D eigenvalue weighted by atomic mass is 9.90. The van der Waals surface area contributed by atoms with Crippen molar-refractivity contribution in [2.45, 2.75) is 0 Å². The molecule has 0 amide bonds. The van der Waals surface area contributed by atoms with Crippen LogP contribution in [0, 0.1) is 0 Å². The highest BCUT2D eigenvalue weighted by Crippen LogP contribution is 2.44. The van der Waals surface area contributed by atoms with Gasteiger partial charge in [0.15, 0.2) is 0 Å². The first-order valence-electron chi connectivity index (χ1n) is 23.5. The van der Waals surface area contributed by atoms with Crippen LogP contribution in [-0.4, -0.2) is 9.13 Å². The third kappa shape index (κ3) is 4.43. The average Bonchev–Trinajstić information content (AvgIpc) is 3.82. The maximum absolute atomic E-state index is 9.27. The lowest BCUT2D eigenvalue weighted by Gasteiger charge is -2.21. The van der Waals surface area contributed by atoms with Gasteiger partial charge in [0.25, 0.3) is 0 Å². The van der Waals surface area contributed by atoms with Crippen LogP contribution in [0.4, 0.5) is 0 Å². The Balaban J connectivity index is 1.43. The zero-order valence-corrected chi connectivity index (χ0v) is 26.2. The Morgan fingerprint density at radius 2 is 0.760 bits per heavy atom. The van der Waals surface area contributed by atoms with E-state index in [9.17, 15) is 5.48 Å². The monoisotopic (exact) mass is 651 g/mol. The van der Waals surface area contributed by atoms with E-state index in [4.69, 9.17) is 15.1 Å². The van der Waals surface area contributed by atoms with Gasteiger partial charge >= 0.3 is 0 Å². The van der Waals surface area contributed by atoms with E-state index >= 15 is 0 Å². The van der Waals surface area contributed by atoms with Crippen molar-refractivity contribution in [2.75, 3.05) is 0 Å². The van der Waals surface area contributed by atoms with Gasteiger partial charge in [-0.25, -0.2) is 0 Å². The maximum Gasteiger partial charge on any atom is 0.0629 e. The normalized spacial score (nSPS) is 15.8. The van der Waals surface area contributed by atoms with Gasteiger partial charge in [-0.1, -0.05) is 145 Å². The van der Waals surface area contributed by atoms with E-state index in [0.717, 1.165) is 32.9 Å². The quantitative estimate of drug-likeness (QED) is 0.175. The van der Waals surface area contributed by atoms with E-state index in [1.54, 1.807) is 10.6 Å². The number of nitrogens with zero attached hydrogens (tertiary/aromatic N) is 2. The average molecular weight is 652 g/mol. The second-order valence-corrected chi connectivity index (χ2v) is 11.8. The molecule has 0 aliphatic rings. The van der Waals surface area contributed by atoms with Gasteiger partial charge < -0.3 is 9.13 Å². The second kappa shape index (κ2) is 11.5. The fraction of sp³-hybridized carbons (Fsp3) is 0. The minimum absolute atomic E-state index is 0.0500. The molecule has 2 nitrogen and oxygen atoms in total. The van der Waals surface area contributed by atoms with Gasteiger partial charge in [-0.2, -0.15) is 0 Å². The molecule has 50 heavy (non-hydrogen) atoms. The summed E-state index contributed by atoms with van der Waals surface area (Å²) in [4.78, 5) is 0. The van der Waals surface area contributed by atoms with E-state index in [-0.39, 0.29) is 39.1 Å². The Hall–Kier alpha value is -6.64. The van der Waals surface area contributed by atoms with Crippen LogP contribution in [0.1, 0.15) is 20.6 Å². The topological polar surface area (TPSA) is 9.86 Å². The van der Waals surface area contributed by atoms with Gasteiger partial charge in [0.1, 0.15) is 0 Å². The highest BCUT2D eigenvalue weighted by Gasteiger charge is 2.22. The number of benzene rings is 8. The molecule has 2 heteroatoms. The lowest BCUT2D eigenvalue weighted by molar-refractivity contribution is 1.17. The molecular formula is C48H32N2. The van der Waals surface area contributed by atoms with Crippen LogP contribution < -0.4 is 0 Å². The van der Waals surface area contributed by atoms with Gasteiger partial charge in [-0.3, -0.25) is 0 Å². The summed E-state index contributed by atoms with van der Waals surface area (Å²) >= 11 is 0. The molecule has 0 saturated heterocycles. The summed E-state index contributed by atoms with van der Waals surface area (Å²) in [7, 11) is 0. The maximum atomic E-state index is 9.27. The van der Waals surface area contributed by atoms with Crippen LogP contribution in [0.3, 0.4) is 0 Å². The molecule has 0 N–H and O–H groups in total. The summed E-state index contributed by atoms with van der Waals surface area (Å²) < 4.78 is 136. The molecule has 0 bridgehead atoms. The van der Waals surface area contributed by atoms with E-state index in [1.807, 2.05) is 72.8 Å². The molecule has 0 unspecified atom stereocenters. The Morgan fingerprint density at radius 1 is 0.340 bits per heavy atom. The van der Waals surface area contributed by atoms with Crippen LogP contribution >= 0.6 is 0 Å². The summed E-state index contributed by atoms with van der Waals surface area (Å²) in [6.07, 6.45) is 0. The molecule has 0 aliphatic carbocycles. The molecule has 0 atom stereocenters. The second-order valence-electron chi connectivity index (χ2n) is 11.8. The Morgan fingerprint density at radius 3 is 1.28 bits per heavy atom. The van der Waals surface area contributed by atoms with Crippen LogP contribution in [0.15, 0.2) is 194 Å². The standard InChI is InChI=1S/C48H32N2/c1-4-16-33(17-5-1)36-30-41(34-18-6-2-7-19-34)48(42(31-36)35-20-8-3-9-21-35)50-46-27-15-12-24-40(46)43-32-37(28-29-47(43)50)49-44-25-13-10-22-38(44)39-23-11-14-26-45(39)49/h1-32H/i1D,2D,3D,4D,5D,6D,7D,8D,9D,16D,17D,18D,19D,20D,21D. The van der Waals surface area contributed by atoms with Crippen LogP contribution in [0.5, 0.6) is 0 Å². The summed E-state index contributed by atoms with van der Waals surface area (Å²) in [6, 6.07) is 22.3. The third-order valence-electron chi connectivity index (χ3n) is 9.16. The summed E-state index contributed by atoms with van der Waals surface area (Å²) in [6.45, 7) is 0. The van der Waals surface area contributed by atoms with Crippen molar-refractivity contribution >= 4 is 43.6 Å². The summed E-state index contributed by atoms with van der Waals surface area (Å²) in [5.41, 5.74) is 2.60. The highest BCUT2D eigenvalue weighted by molar-refractivity contribution is 6.13. The molecule has 2 heterocycles. The number of hydrogen-bond acceptors (Lipinski definition) is 0. The largest absolute Gasteiger partial charge is 0.309 e. The Kier molecular flexibility index (Phi) is 3.95. The molecule has 0 spiro atoms. The van der Waals surface area contributed by atoms with Gasteiger partial charge in [-0.15, -0.1) is 0 Å². The Labute approximate surface area is 311 Å². The molecule has 0 fully saturated rings. The summed E-state index contributed by atoms with van der Waals surface area (Å²) in [5.74, 6) is 0. The molecule has 0 saturated carbocycles. The van der Waals surface area contributed by atoms with Crippen LogP contribution in [0.2, 0.25) is 0 Å². The van der Waals surface area contributed by atoms with E-state index in [0.29, 0.717) is 16.4 Å². The fourth-order valence-corrected chi connectivity index (χ4v) is 7.11. The SMILES string of the molecule is [2H]c1c([2H])c([2H])c(-c2cc(-c3c([2H])c([2H])c([2H])c([2H])c3[2H])c(-n3c4ccccc4c4cc(-n5c6ccccc6c6ccccc65)ccc43)c(-c3c([2H])c([2H])c([2H])c([2H])c3[2H])c2)c([2H])c1[2H]. The number of rotatable bonds is 5. The highest BCUT2D eigenvalue weighted by atomic mass is 15.0. The number of aromatic nitrogens is 2. The van der Waals surface area contributed by atoms with Crippen molar-refractivity contribution in [1.29, 1.82) is 0 Å². The van der Waals surface area contributed by atoms with Gasteiger partial charge in [0.05, 0.1) is 48.3 Å². The first-order valence-corrected chi connectivity index (χ1v) is 16.0. The van der Waals surface area contributed by atoms with Crippen molar-refractivity contribution in [3.8, 4) is 44.8 Å². The zero-order valence-electron chi connectivity index (χ0n) is 41.2. The molecule has 0 aliphatic heterocycles. The predicted molar refractivity (Wildman–Crippen MR) is 211 cm³/mol. The van der Waals surface area contributed by atoms with Gasteiger partial charge in [0, 0.05) is 38.4 Å². The number of fused-ring (bicyclic) bond motifs is 6. The molecule has 8 aromatic carbocycles. The minimum Gasteiger partial charge on any atom is -0.309 e. The number of hydrogen-bond donors (Lipinski definition) is 0. The van der Waals surface area contributed by atoms with Crippen molar-refractivity contribution in [2.24, 2.45) is 0 Å². The van der Waals surface area contributed by atoms with Crippen molar-refractivity contribution in [3.63, 3.8) is 0 Å². The van der Waals surface area contributed by atoms with Crippen molar-refractivity contribution < 1.29 is 20.6 Å². The van der Waals surface area contributed by atoms with Crippen LogP contribution in [0.25, 0.3) is 88.4 Å². The van der Waals surface area contributed by atoms with Crippen molar-refractivity contribution in [3.05, 3.63) is 194 Å². The first-order chi connectivity index (χ1) is 31.0. The van der Waals surface area contributed by atoms with E-state index in [1.165, 1.54) is 12.1 Å². The smallest absolute Gasteiger partial charge is 0.0629 e. The molecular weight excluding hydrogens is 605 g/mol. The van der Waals surface area contributed by atoms with Gasteiger partial charge in [0.2, 0.25) is 0 Å². The summed E-state index contributed by atoms with van der Waals surface area (Å²) in [5, 5.41) is 3.54. The van der Waals surface area contributed by atoms with E-state index < -0.39 is 90.6 Å². The number of para-hydroxylation sites is 3. The third-order valence-corrected chi connectivity index (χ3v) is 9.16. The fourth-order valence-electron chi connectivity index (χ4n) is 7.11. The molecule has 10 aromatic rings. The van der Waals surface area contributed by atoms with Crippen LogP contribution in [-0.2, 0) is 0 Å². The zero-order chi connectivity index (χ0) is 46.1. The lowest BCUT2D eigenvalue weighted by Crippen LogP contribution is -2.02. The van der Waals surface area contributed by atoms with E-state index in [2.05, 4.69) is 16.7 Å². The molecule has 10 rings (SSSR count). The van der Waals surface area contributed by atoms with Gasteiger partial charge in [-0.05, 0) is 70.8 Å². The molecule has 234 valence electrons. The molecule has 0 radical (unpaired) electrons. The Bertz CT molecular complexity index is 3510. The predicted octanol–water partition coefficient (Wildman–Crippen LogP) is 12.9. The minimum atomic E-state index is -0.678. The first kappa shape index (κ1) is 17.1. The van der Waals surface area contributed by atoms with Crippen molar-refractivity contribution in [1.82, 2.24) is 9.13 Å². The molecule has 2 aromatic heterocycles.